The van der Waals surface area contributed by atoms with E-state index in [1.165, 1.54) is 43.4 Å². The smallest absolute Gasteiger partial charge is 0.164 e. The molecule has 0 saturated heterocycles. The van der Waals surface area contributed by atoms with Crippen molar-refractivity contribution in [3.63, 3.8) is 0 Å². The average molecular weight is 651 g/mol. The first kappa shape index (κ1) is 29.0. The number of rotatable bonds is 5. The fourth-order valence-electron chi connectivity index (χ4n) is 7.37. The fraction of sp³-hybridized carbons (Fsp3) is 0. The molecule has 0 amide bonds. The van der Waals surface area contributed by atoms with E-state index >= 15 is 0 Å². The molecule has 8 aromatic carbocycles. The summed E-state index contributed by atoms with van der Waals surface area (Å²) in [6.45, 7) is 0. The van der Waals surface area contributed by atoms with E-state index in [2.05, 4.69) is 126 Å². The van der Waals surface area contributed by atoms with Gasteiger partial charge in [0.1, 0.15) is 0 Å². The van der Waals surface area contributed by atoms with Crippen LogP contribution in [0, 0.1) is 0 Å². The van der Waals surface area contributed by atoms with Crippen LogP contribution in [0.5, 0.6) is 0 Å². The van der Waals surface area contributed by atoms with Crippen molar-refractivity contribution < 1.29 is 0 Å². The number of benzene rings is 8. The van der Waals surface area contributed by atoms with E-state index in [0.717, 1.165) is 33.5 Å². The molecular weight excluding hydrogens is 621 g/mol. The van der Waals surface area contributed by atoms with Crippen molar-refractivity contribution in [2.45, 2.75) is 0 Å². The maximum atomic E-state index is 5.07. The van der Waals surface area contributed by atoms with Crippen LogP contribution in [0.25, 0.3) is 94.3 Å². The minimum Gasteiger partial charge on any atom is -0.308 e. The molecule has 0 radical (unpaired) electrons. The Hall–Kier alpha value is -6.91. The van der Waals surface area contributed by atoms with E-state index in [-0.39, 0.29) is 0 Å². The molecule has 0 aliphatic heterocycles. The Bertz CT molecular complexity index is 2840. The Balaban J connectivity index is 1.28. The summed E-state index contributed by atoms with van der Waals surface area (Å²) in [4.78, 5) is 15.1. The Morgan fingerprint density at radius 3 is 1.51 bits per heavy atom. The molecule has 2 aromatic heterocycles. The van der Waals surface area contributed by atoms with Crippen molar-refractivity contribution in [2.75, 3.05) is 0 Å². The van der Waals surface area contributed by atoms with Crippen molar-refractivity contribution in [2.24, 2.45) is 0 Å². The van der Waals surface area contributed by atoms with E-state index in [1.807, 2.05) is 60.7 Å². The first-order valence-corrected chi connectivity index (χ1v) is 17.2. The van der Waals surface area contributed by atoms with Gasteiger partial charge >= 0.3 is 0 Å². The average Bonchev–Trinajstić information content (AvgIpc) is 3.54. The normalized spacial score (nSPS) is 11.5. The number of aromatic nitrogens is 4. The molecule has 51 heavy (non-hydrogen) atoms. The second-order valence-electron chi connectivity index (χ2n) is 12.9. The standard InChI is InChI=1S/C47H30N4/c1-4-14-31(15-5-1)40-29-37(47-49-45(33-17-6-2-7-18-33)48-46(50-47)34-19-8-3-9-20-34)25-27-42(40)51-43-30-36-22-11-10-21-35(36)28-41(43)39-26-24-32-16-12-13-23-38(32)44(39)51/h1-30H. The van der Waals surface area contributed by atoms with Crippen molar-refractivity contribution in [3.05, 3.63) is 182 Å². The molecule has 4 heteroatoms. The minimum atomic E-state index is 0.630. The summed E-state index contributed by atoms with van der Waals surface area (Å²) in [6.07, 6.45) is 0. The predicted octanol–water partition coefficient (Wildman–Crippen LogP) is 11.9. The van der Waals surface area contributed by atoms with Gasteiger partial charge in [-0.3, -0.25) is 0 Å². The van der Waals surface area contributed by atoms with Gasteiger partial charge in [0.05, 0.1) is 16.7 Å². The molecule has 0 saturated carbocycles. The van der Waals surface area contributed by atoms with Crippen LogP contribution in [0.3, 0.4) is 0 Å². The second kappa shape index (κ2) is 11.9. The summed E-state index contributed by atoms with van der Waals surface area (Å²) < 4.78 is 2.46. The third kappa shape index (κ3) is 4.96. The zero-order valence-corrected chi connectivity index (χ0v) is 27.6. The topological polar surface area (TPSA) is 43.6 Å². The van der Waals surface area contributed by atoms with Crippen LogP contribution < -0.4 is 0 Å². The van der Waals surface area contributed by atoms with E-state index in [0.29, 0.717) is 17.5 Å². The lowest BCUT2D eigenvalue weighted by molar-refractivity contribution is 1.07. The molecule has 10 rings (SSSR count). The van der Waals surface area contributed by atoms with Gasteiger partial charge in [-0.05, 0) is 52.1 Å². The number of hydrogen-bond donors (Lipinski definition) is 0. The van der Waals surface area contributed by atoms with Crippen LogP contribution in [0.15, 0.2) is 182 Å². The van der Waals surface area contributed by atoms with Crippen molar-refractivity contribution >= 4 is 43.4 Å². The molecular formula is C47H30N4. The van der Waals surface area contributed by atoms with Crippen LogP contribution in [-0.2, 0) is 0 Å². The van der Waals surface area contributed by atoms with Gasteiger partial charge in [-0.15, -0.1) is 0 Å². The third-order valence-electron chi connectivity index (χ3n) is 9.80. The van der Waals surface area contributed by atoms with E-state index in [9.17, 15) is 0 Å². The van der Waals surface area contributed by atoms with Gasteiger partial charge < -0.3 is 4.57 Å². The molecule has 0 unspecified atom stereocenters. The predicted molar refractivity (Wildman–Crippen MR) is 211 cm³/mol. The van der Waals surface area contributed by atoms with Crippen LogP contribution in [0.2, 0.25) is 0 Å². The maximum Gasteiger partial charge on any atom is 0.164 e. The van der Waals surface area contributed by atoms with Crippen molar-refractivity contribution in [1.82, 2.24) is 19.5 Å². The van der Waals surface area contributed by atoms with Crippen LogP contribution in [0.4, 0.5) is 0 Å². The molecule has 0 N–H and O–H groups in total. The lowest BCUT2D eigenvalue weighted by Gasteiger charge is -2.17. The molecule has 0 spiro atoms. The van der Waals surface area contributed by atoms with Crippen LogP contribution in [-0.4, -0.2) is 19.5 Å². The highest BCUT2D eigenvalue weighted by Crippen LogP contribution is 2.42. The molecule has 0 fully saturated rings. The lowest BCUT2D eigenvalue weighted by Crippen LogP contribution is -2.02. The quantitative estimate of drug-likeness (QED) is 0.186. The van der Waals surface area contributed by atoms with Gasteiger partial charge in [-0.25, -0.2) is 15.0 Å². The molecule has 0 atom stereocenters. The molecule has 238 valence electrons. The van der Waals surface area contributed by atoms with E-state index < -0.39 is 0 Å². The summed E-state index contributed by atoms with van der Waals surface area (Å²) in [5, 5.41) is 7.34. The minimum absolute atomic E-state index is 0.630. The highest BCUT2D eigenvalue weighted by Gasteiger charge is 2.20. The summed E-state index contributed by atoms with van der Waals surface area (Å²) in [5.74, 6) is 1.92. The van der Waals surface area contributed by atoms with Gasteiger partial charge in [-0.2, -0.15) is 0 Å². The van der Waals surface area contributed by atoms with Gasteiger partial charge in [-0.1, -0.05) is 152 Å². The number of nitrogens with zero attached hydrogens (tertiary/aromatic N) is 4. The zero-order valence-electron chi connectivity index (χ0n) is 27.6. The molecule has 0 bridgehead atoms. The van der Waals surface area contributed by atoms with Gasteiger partial charge in [0.15, 0.2) is 17.5 Å². The summed E-state index contributed by atoms with van der Waals surface area (Å²) >= 11 is 0. The number of hydrogen-bond acceptors (Lipinski definition) is 3. The Morgan fingerprint density at radius 2 is 0.863 bits per heavy atom. The Kier molecular flexibility index (Phi) is 6.78. The highest BCUT2D eigenvalue weighted by molar-refractivity contribution is 6.21. The van der Waals surface area contributed by atoms with Crippen LogP contribution >= 0.6 is 0 Å². The van der Waals surface area contributed by atoms with E-state index in [4.69, 9.17) is 15.0 Å². The molecule has 0 aliphatic rings. The van der Waals surface area contributed by atoms with Gasteiger partial charge in [0.25, 0.3) is 0 Å². The Morgan fingerprint density at radius 1 is 0.333 bits per heavy atom. The molecule has 0 aliphatic carbocycles. The van der Waals surface area contributed by atoms with Crippen molar-refractivity contribution in [3.8, 4) is 51.0 Å². The summed E-state index contributed by atoms with van der Waals surface area (Å²) in [6, 6.07) is 64.1. The monoisotopic (exact) mass is 650 g/mol. The first-order valence-electron chi connectivity index (χ1n) is 17.2. The van der Waals surface area contributed by atoms with Gasteiger partial charge in [0.2, 0.25) is 0 Å². The number of fused-ring (bicyclic) bond motifs is 6. The summed E-state index contributed by atoms with van der Waals surface area (Å²) in [5.41, 5.74) is 8.49. The molecule has 10 aromatic rings. The largest absolute Gasteiger partial charge is 0.308 e. The van der Waals surface area contributed by atoms with Crippen molar-refractivity contribution in [1.29, 1.82) is 0 Å². The van der Waals surface area contributed by atoms with Crippen LogP contribution in [0.1, 0.15) is 0 Å². The first-order chi connectivity index (χ1) is 25.3. The lowest BCUT2D eigenvalue weighted by atomic mass is 9.99. The Labute approximate surface area is 295 Å². The van der Waals surface area contributed by atoms with Gasteiger partial charge in [0, 0.05) is 38.4 Å². The highest BCUT2D eigenvalue weighted by atomic mass is 15.0. The van der Waals surface area contributed by atoms with E-state index in [1.54, 1.807) is 0 Å². The fourth-order valence-corrected chi connectivity index (χ4v) is 7.37. The zero-order chi connectivity index (χ0) is 33.7. The molecule has 4 nitrogen and oxygen atoms in total. The molecule has 2 heterocycles. The second-order valence-corrected chi connectivity index (χ2v) is 12.9. The summed E-state index contributed by atoms with van der Waals surface area (Å²) in [7, 11) is 0. The maximum absolute atomic E-state index is 5.07. The third-order valence-corrected chi connectivity index (χ3v) is 9.80. The SMILES string of the molecule is c1ccc(-c2nc(-c3ccccc3)nc(-c3ccc(-n4c5cc6ccccc6cc5c5ccc6ccccc6c54)c(-c4ccccc4)c3)n2)cc1.